The molecule has 0 spiro atoms. The van der Waals surface area contributed by atoms with Crippen LogP contribution in [0.3, 0.4) is 0 Å². The fraction of sp³-hybridized carbons (Fsp3) is 0.129. The summed E-state index contributed by atoms with van der Waals surface area (Å²) in [5.74, 6) is 0.00517. The van der Waals surface area contributed by atoms with Gasteiger partial charge in [-0.1, -0.05) is 60.7 Å². The molecule has 1 aromatic heterocycles. The SMILES string of the molecule is O=C(Nc1ccccc1)Nc1ccc2c(c1)N(Cc1cnc[nH]1)CCN(C(=O)c1cccc3ccccc13)C2. The number of rotatable bonds is 5. The van der Waals surface area contributed by atoms with Crippen molar-refractivity contribution in [2.45, 2.75) is 13.1 Å². The minimum Gasteiger partial charge on any atom is -0.364 e. The molecular formula is C31H28N6O2. The maximum Gasteiger partial charge on any atom is 0.323 e. The molecule has 0 unspecified atom stereocenters. The van der Waals surface area contributed by atoms with Crippen molar-refractivity contribution in [1.82, 2.24) is 14.9 Å². The largest absolute Gasteiger partial charge is 0.364 e. The second-order valence-electron chi connectivity index (χ2n) is 9.54. The lowest BCUT2D eigenvalue weighted by atomic mass is 10.0. The van der Waals surface area contributed by atoms with Crippen LogP contribution in [0.1, 0.15) is 21.6 Å². The van der Waals surface area contributed by atoms with Gasteiger partial charge >= 0.3 is 6.03 Å². The number of H-pyrrole nitrogens is 1. The number of aromatic nitrogens is 2. The zero-order valence-electron chi connectivity index (χ0n) is 21.3. The smallest absolute Gasteiger partial charge is 0.323 e. The third-order valence-corrected chi connectivity index (χ3v) is 6.94. The van der Waals surface area contributed by atoms with Gasteiger partial charge in [0.15, 0.2) is 0 Å². The molecule has 0 aliphatic carbocycles. The van der Waals surface area contributed by atoms with Crippen LogP contribution in [0.15, 0.2) is 104 Å². The number of aromatic amines is 1. The molecule has 0 saturated heterocycles. The molecule has 194 valence electrons. The second-order valence-corrected chi connectivity index (χ2v) is 9.54. The Morgan fingerprint density at radius 1 is 0.846 bits per heavy atom. The molecule has 8 nitrogen and oxygen atoms in total. The van der Waals surface area contributed by atoms with Crippen molar-refractivity contribution in [3.05, 3.63) is 120 Å². The minimum absolute atomic E-state index is 0.00517. The van der Waals surface area contributed by atoms with Gasteiger partial charge in [-0.15, -0.1) is 0 Å². The molecule has 39 heavy (non-hydrogen) atoms. The maximum absolute atomic E-state index is 13.8. The van der Waals surface area contributed by atoms with E-state index in [1.165, 1.54) is 0 Å². The van der Waals surface area contributed by atoms with Gasteiger partial charge in [-0.25, -0.2) is 9.78 Å². The van der Waals surface area contributed by atoms with E-state index in [0.717, 1.165) is 27.7 Å². The highest BCUT2D eigenvalue weighted by atomic mass is 16.2. The molecule has 3 amide bonds. The molecule has 0 radical (unpaired) electrons. The molecule has 0 saturated carbocycles. The molecule has 4 aromatic carbocycles. The summed E-state index contributed by atoms with van der Waals surface area (Å²) in [4.78, 5) is 37.9. The molecule has 8 heteroatoms. The van der Waals surface area contributed by atoms with Crippen molar-refractivity contribution in [1.29, 1.82) is 0 Å². The van der Waals surface area contributed by atoms with Gasteiger partial charge in [0.05, 0.1) is 18.6 Å². The number of para-hydroxylation sites is 1. The van der Waals surface area contributed by atoms with E-state index in [-0.39, 0.29) is 11.9 Å². The van der Waals surface area contributed by atoms with Crippen LogP contribution in [0.5, 0.6) is 0 Å². The number of amides is 3. The van der Waals surface area contributed by atoms with Crippen LogP contribution < -0.4 is 15.5 Å². The zero-order chi connectivity index (χ0) is 26.6. The van der Waals surface area contributed by atoms with Crippen LogP contribution in [0.2, 0.25) is 0 Å². The number of hydrogen-bond acceptors (Lipinski definition) is 4. The summed E-state index contributed by atoms with van der Waals surface area (Å²) in [6.07, 6.45) is 3.47. The van der Waals surface area contributed by atoms with Gasteiger partial charge in [-0.3, -0.25) is 4.79 Å². The lowest BCUT2D eigenvalue weighted by Crippen LogP contribution is -2.35. The molecule has 0 fully saturated rings. The van der Waals surface area contributed by atoms with Gasteiger partial charge in [-0.05, 0) is 46.7 Å². The van der Waals surface area contributed by atoms with Gasteiger partial charge in [0.2, 0.25) is 0 Å². The number of urea groups is 1. The summed E-state index contributed by atoms with van der Waals surface area (Å²) in [5.41, 5.74) is 5.03. The molecule has 3 N–H and O–H groups in total. The van der Waals surface area contributed by atoms with E-state index in [4.69, 9.17) is 0 Å². The average Bonchev–Trinajstić information content (AvgIpc) is 3.41. The summed E-state index contributed by atoms with van der Waals surface area (Å²) in [6.45, 7) is 2.25. The van der Waals surface area contributed by atoms with E-state index in [9.17, 15) is 9.59 Å². The van der Waals surface area contributed by atoms with Crippen molar-refractivity contribution >= 4 is 39.8 Å². The summed E-state index contributed by atoms with van der Waals surface area (Å²) in [5, 5.41) is 7.80. The lowest BCUT2D eigenvalue weighted by molar-refractivity contribution is 0.0753. The molecular weight excluding hydrogens is 488 g/mol. The number of carbonyl (C=O) groups is 2. The Balaban J connectivity index is 1.29. The number of imidazole rings is 1. The Bertz CT molecular complexity index is 1610. The topological polar surface area (TPSA) is 93.4 Å². The van der Waals surface area contributed by atoms with Gasteiger partial charge in [0.25, 0.3) is 5.91 Å². The number of carbonyl (C=O) groups excluding carboxylic acids is 2. The predicted octanol–water partition coefficient (Wildman–Crippen LogP) is 5.87. The monoisotopic (exact) mass is 516 g/mol. The normalized spacial score (nSPS) is 13.0. The molecule has 2 heterocycles. The van der Waals surface area contributed by atoms with E-state index in [1.807, 2.05) is 95.9 Å². The highest BCUT2D eigenvalue weighted by molar-refractivity contribution is 6.07. The molecule has 1 aliphatic heterocycles. The fourth-order valence-corrected chi connectivity index (χ4v) is 5.03. The van der Waals surface area contributed by atoms with E-state index in [2.05, 4.69) is 25.5 Å². The average molecular weight is 517 g/mol. The third-order valence-electron chi connectivity index (χ3n) is 6.94. The highest BCUT2D eigenvalue weighted by Crippen LogP contribution is 2.31. The minimum atomic E-state index is -0.317. The van der Waals surface area contributed by atoms with Crippen molar-refractivity contribution < 1.29 is 9.59 Å². The Labute approximate surface area is 226 Å². The van der Waals surface area contributed by atoms with Crippen LogP contribution in [0.4, 0.5) is 21.9 Å². The van der Waals surface area contributed by atoms with Crippen LogP contribution in [-0.4, -0.2) is 39.9 Å². The quantitative estimate of drug-likeness (QED) is 0.272. The standard InChI is InChI=1S/C31H28N6O2/c38-30(28-12-6-8-22-7-4-5-11-27(22)28)37-16-15-36(20-26-18-32-21-33-26)29-17-25(14-13-23(29)19-37)35-31(39)34-24-9-2-1-3-10-24/h1-14,17-18,21H,15-16,19-20H2,(H,32,33)(H2,34,35,39). The molecule has 5 aromatic rings. The lowest BCUT2D eigenvalue weighted by Gasteiger charge is -2.25. The van der Waals surface area contributed by atoms with Gasteiger partial charge < -0.3 is 25.4 Å². The summed E-state index contributed by atoms with van der Waals surface area (Å²) in [7, 11) is 0. The third kappa shape index (κ3) is 5.31. The van der Waals surface area contributed by atoms with Crippen LogP contribution in [0, 0.1) is 0 Å². The predicted molar refractivity (Wildman–Crippen MR) is 154 cm³/mol. The Morgan fingerprint density at radius 3 is 2.49 bits per heavy atom. The van der Waals surface area contributed by atoms with Gasteiger partial charge in [0.1, 0.15) is 0 Å². The molecule has 1 aliphatic rings. The van der Waals surface area contributed by atoms with E-state index < -0.39 is 0 Å². The van der Waals surface area contributed by atoms with E-state index in [0.29, 0.717) is 43.1 Å². The van der Waals surface area contributed by atoms with Crippen molar-refractivity contribution in [2.24, 2.45) is 0 Å². The first-order chi connectivity index (χ1) is 19.1. The van der Waals surface area contributed by atoms with Crippen LogP contribution >= 0.6 is 0 Å². The first kappa shape index (κ1) is 24.2. The van der Waals surface area contributed by atoms with Gasteiger partial charge in [-0.2, -0.15) is 0 Å². The molecule has 0 atom stereocenters. The summed E-state index contributed by atoms with van der Waals surface area (Å²) >= 11 is 0. The maximum atomic E-state index is 13.8. The van der Waals surface area contributed by atoms with Crippen LogP contribution in [-0.2, 0) is 13.1 Å². The Kier molecular flexibility index (Phi) is 6.66. The molecule has 6 rings (SSSR count). The van der Waals surface area contributed by atoms with E-state index in [1.54, 1.807) is 12.5 Å². The van der Waals surface area contributed by atoms with Crippen molar-refractivity contribution in [3.8, 4) is 0 Å². The highest BCUT2D eigenvalue weighted by Gasteiger charge is 2.25. The van der Waals surface area contributed by atoms with Gasteiger partial charge in [0, 0.05) is 48.5 Å². The Hall–Kier alpha value is -5.11. The second kappa shape index (κ2) is 10.7. The summed E-state index contributed by atoms with van der Waals surface area (Å²) < 4.78 is 0. The fourth-order valence-electron chi connectivity index (χ4n) is 5.03. The summed E-state index contributed by atoms with van der Waals surface area (Å²) in [6, 6.07) is 28.7. The number of nitrogens with zero attached hydrogens (tertiary/aromatic N) is 3. The molecule has 0 bridgehead atoms. The first-order valence-electron chi connectivity index (χ1n) is 12.9. The number of benzene rings is 4. The zero-order valence-corrected chi connectivity index (χ0v) is 21.3. The van der Waals surface area contributed by atoms with E-state index >= 15 is 0 Å². The number of fused-ring (bicyclic) bond motifs is 2. The number of hydrogen-bond donors (Lipinski definition) is 3. The number of nitrogens with one attached hydrogen (secondary N) is 3. The first-order valence-corrected chi connectivity index (χ1v) is 12.9. The Morgan fingerprint density at radius 2 is 1.64 bits per heavy atom. The van der Waals surface area contributed by atoms with Crippen LogP contribution in [0.25, 0.3) is 10.8 Å². The van der Waals surface area contributed by atoms with Crippen molar-refractivity contribution in [2.75, 3.05) is 28.6 Å². The van der Waals surface area contributed by atoms with Crippen molar-refractivity contribution in [3.63, 3.8) is 0 Å². The number of anilines is 3.